The van der Waals surface area contributed by atoms with Crippen LogP contribution in [0.25, 0.3) is 5.69 Å². The SMILES string of the molecule is NC(=O)c1ccc(CSc2nnnn2-c2ccc(OC(F)(F)F)cc2)c([N+](=O)[O-])c1. The van der Waals surface area contributed by atoms with Crippen molar-refractivity contribution in [2.24, 2.45) is 5.73 Å². The van der Waals surface area contributed by atoms with Gasteiger partial charge >= 0.3 is 6.36 Å². The lowest BCUT2D eigenvalue weighted by molar-refractivity contribution is -0.385. The largest absolute Gasteiger partial charge is 0.573 e. The Labute approximate surface area is 170 Å². The van der Waals surface area contributed by atoms with E-state index in [9.17, 15) is 28.1 Å². The predicted octanol–water partition coefficient (Wildman–Crippen LogP) is 2.86. The Morgan fingerprint density at radius 2 is 1.93 bits per heavy atom. The zero-order valence-corrected chi connectivity index (χ0v) is 15.6. The van der Waals surface area contributed by atoms with Crippen LogP contribution in [0, 0.1) is 10.1 Å². The first-order valence-corrected chi connectivity index (χ1v) is 8.97. The van der Waals surface area contributed by atoms with Crippen molar-refractivity contribution >= 4 is 23.4 Å². The molecule has 0 saturated carbocycles. The molecule has 0 atom stereocenters. The number of hydrogen-bond acceptors (Lipinski definition) is 8. The number of primary amides is 1. The second-order valence-electron chi connectivity index (χ2n) is 5.67. The summed E-state index contributed by atoms with van der Waals surface area (Å²) in [4.78, 5) is 21.9. The van der Waals surface area contributed by atoms with Crippen molar-refractivity contribution < 1.29 is 27.6 Å². The molecular formula is C16H11F3N6O4S. The standard InChI is InChI=1S/C16H11F3N6O4S/c17-16(18,19)29-12-5-3-11(4-6-12)24-15(21-22-23-24)30-8-10-2-1-9(14(20)26)7-13(10)25(27)28/h1-7H,8H2,(H2,20,26). The Morgan fingerprint density at radius 1 is 1.23 bits per heavy atom. The van der Waals surface area contributed by atoms with Gasteiger partial charge in [-0.3, -0.25) is 14.9 Å². The van der Waals surface area contributed by atoms with Crippen LogP contribution in [-0.4, -0.2) is 37.4 Å². The Bertz CT molecular complexity index is 1090. The molecule has 1 aromatic heterocycles. The van der Waals surface area contributed by atoms with Crippen molar-refractivity contribution in [3.05, 3.63) is 63.7 Å². The van der Waals surface area contributed by atoms with Gasteiger partial charge in [0, 0.05) is 22.9 Å². The third-order valence-electron chi connectivity index (χ3n) is 3.68. The molecule has 1 amide bonds. The zero-order chi connectivity index (χ0) is 21.9. The molecule has 14 heteroatoms. The van der Waals surface area contributed by atoms with Crippen LogP contribution >= 0.6 is 11.8 Å². The number of benzene rings is 2. The summed E-state index contributed by atoms with van der Waals surface area (Å²) in [5, 5.41) is 22.6. The van der Waals surface area contributed by atoms with Crippen molar-refractivity contribution in [3.8, 4) is 11.4 Å². The van der Waals surface area contributed by atoms with Gasteiger partial charge < -0.3 is 10.5 Å². The highest BCUT2D eigenvalue weighted by atomic mass is 32.2. The predicted molar refractivity (Wildman–Crippen MR) is 97.0 cm³/mol. The molecule has 2 N–H and O–H groups in total. The van der Waals surface area contributed by atoms with Crippen LogP contribution in [0.2, 0.25) is 0 Å². The van der Waals surface area contributed by atoms with E-state index in [0.29, 0.717) is 11.3 Å². The summed E-state index contributed by atoms with van der Waals surface area (Å²) in [6, 6.07) is 8.71. The number of nitrogens with two attached hydrogens (primary N) is 1. The second kappa shape index (κ2) is 8.36. The van der Waals surface area contributed by atoms with Gasteiger partial charge in [-0.05, 0) is 40.8 Å². The molecule has 0 bridgehead atoms. The van der Waals surface area contributed by atoms with E-state index in [0.717, 1.165) is 30.0 Å². The molecule has 0 unspecified atom stereocenters. The topological polar surface area (TPSA) is 139 Å². The van der Waals surface area contributed by atoms with E-state index < -0.39 is 22.9 Å². The number of carbonyl (C=O) groups excluding carboxylic acids is 1. The number of hydrogen-bond donors (Lipinski definition) is 1. The Morgan fingerprint density at radius 3 is 2.53 bits per heavy atom. The summed E-state index contributed by atoms with van der Waals surface area (Å²) in [6.07, 6.45) is -4.81. The zero-order valence-electron chi connectivity index (χ0n) is 14.7. The fourth-order valence-electron chi connectivity index (χ4n) is 2.37. The molecule has 2 aromatic carbocycles. The molecule has 10 nitrogen and oxygen atoms in total. The van der Waals surface area contributed by atoms with Crippen LogP contribution < -0.4 is 10.5 Å². The van der Waals surface area contributed by atoms with E-state index in [2.05, 4.69) is 20.3 Å². The van der Waals surface area contributed by atoms with Gasteiger partial charge in [-0.1, -0.05) is 17.8 Å². The molecular weight excluding hydrogens is 429 g/mol. The van der Waals surface area contributed by atoms with Gasteiger partial charge in [-0.2, -0.15) is 4.68 Å². The van der Waals surface area contributed by atoms with E-state index >= 15 is 0 Å². The highest BCUT2D eigenvalue weighted by Gasteiger charge is 2.31. The first-order valence-electron chi connectivity index (χ1n) is 7.98. The van der Waals surface area contributed by atoms with Crippen LogP contribution in [0.4, 0.5) is 18.9 Å². The van der Waals surface area contributed by atoms with E-state index in [1.54, 1.807) is 0 Å². The minimum absolute atomic E-state index is 0.00134. The monoisotopic (exact) mass is 440 g/mol. The summed E-state index contributed by atoms with van der Waals surface area (Å²) in [7, 11) is 0. The molecule has 1 heterocycles. The lowest BCUT2D eigenvalue weighted by atomic mass is 10.1. The van der Waals surface area contributed by atoms with Crippen LogP contribution in [-0.2, 0) is 5.75 Å². The quantitative estimate of drug-likeness (QED) is 0.336. The smallest absolute Gasteiger partial charge is 0.406 e. The molecule has 30 heavy (non-hydrogen) atoms. The van der Waals surface area contributed by atoms with Crippen molar-refractivity contribution in [3.63, 3.8) is 0 Å². The first kappa shape index (κ1) is 21.0. The number of thioether (sulfide) groups is 1. The molecule has 0 aliphatic heterocycles. The Balaban J connectivity index is 1.79. The molecule has 0 radical (unpaired) electrons. The summed E-state index contributed by atoms with van der Waals surface area (Å²) < 4.78 is 41.9. The number of rotatable bonds is 7. The number of carbonyl (C=O) groups is 1. The van der Waals surface area contributed by atoms with Gasteiger partial charge in [0.2, 0.25) is 11.1 Å². The first-order chi connectivity index (χ1) is 14.1. The number of nitro groups is 1. The van der Waals surface area contributed by atoms with Gasteiger partial charge in [0.1, 0.15) is 5.75 Å². The van der Waals surface area contributed by atoms with Crippen LogP contribution in [0.1, 0.15) is 15.9 Å². The van der Waals surface area contributed by atoms with Gasteiger partial charge in [0.15, 0.2) is 0 Å². The maximum atomic E-state index is 12.3. The number of halogens is 3. The number of nitro benzene ring substituents is 1. The fraction of sp³-hybridized carbons (Fsp3) is 0.125. The van der Waals surface area contributed by atoms with Crippen molar-refractivity contribution in [2.75, 3.05) is 0 Å². The Hall–Kier alpha value is -3.68. The molecule has 0 fully saturated rings. The van der Waals surface area contributed by atoms with Crippen LogP contribution in [0.5, 0.6) is 5.75 Å². The van der Waals surface area contributed by atoms with E-state index in [4.69, 9.17) is 5.73 Å². The summed E-state index contributed by atoms with van der Waals surface area (Å²) >= 11 is 1.06. The maximum Gasteiger partial charge on any atom is 0.573 e. The summed E-state index contributed by atoms with van der Waals surface area (Å²) in [5.74, 6) is -1.11. The number of aromatic nitrogens is 4. The van der Waals surface area contributed by atoms with Gasteiger partial charge in [-0.25, -0.2) is 0 Å². The normalized spacial score (nSPS) is 11.3. The van der Waals surface area contributed by atoms with Crippen LogP contribution in [0.15, 0.2) is 47.6 Å². The molecule has 0 saturated heterocycles. The van der Waals surface area contributed by atoms with Gasteiger partial charge in [0.05, 0.1) is 10.6 Å². The van der Waals surface area contributed by atoms with E-state index in [-0.39, 0.29) is 22.2 Å². The average Bonchev–Trinajstić information content (AvgIpc) is 3.14. The third kappa shape index (κ3) is 5.02. The highest BCUT2D eigenvalue weighted by molar-refractivity contribution is 7.98. The Kier molecular flexibility index (Phi) is 5.86. The van der Waals surface area contributed by atoms with Crippen molar-refractivity contribution in [2.45, 2.75) is 17.3 Å². The lowest BCUT2D eigenvalue weighted by Gasteiger charge is -2.09. The summed E-state index contributed by atoms with van der Waals surface area (Å²) in [6.45, 7) is 0. The third-order valence-corrected chi connectivity index (χ3v) is 4.65. The minimum Gasteiger partial charge on any atom is -0.406 e. The number of alkyl halides is 3. The molecule has 3 aromatic rings. The van der Waals surface area contributed by atoms with Crippen molar-refractivity contribution in [1.29, 1.82) is 0 Å². The van der Waals surface area contributed by atoms with Gasteiger partial charge in [-0.15, -0.1) is 18.3 Å². The summed E-state index contributed by atoms with van der Waals surface area (Å²) in [5.41, 5.74) is 5.52. The fourth-order valence-corrected chi connectivity index (χ4v) is 3.26. The molecule has 3 rings (SSSR count). The van der Waals surface area contributed by atoms with E-state index in [1.165, 1.54) is 28.9 Å². The maximum absolute atomic E-state index is 12.3. The highest BCUT2D eigenvalue weighted by Crippen LogP contribution is 2.29. The lowest BCUT2D eigenvalue weighted by Crippen LogP contribution is -2.17. The second-order valence-corrected chi connectivity index (χ2v) is 6.61. The van der Waals surface area contributed by atoms with Crippen molar-refractivity contribution in [1.82, 2.24) is 20.2 Å². The molecule has 0 aliphatic rings. The molecule has 0 aliphatic carbocycles. The minimum atomic E-state index is -4.81. The molecule has 156 valence electrons. The number of tetrazole rings is 1. The number of amides is 1. The number of ether oxygens (including phenoxy) is 1. The van der Waals surface area contributed by atoms with Crippen LogP contribution in [0.3, 0.4) is 0 Å². The number of nitrogens with zero attached hydrogens (tertiary/aromatic N) is 5. The van der Waals surface area contributed by atoms with Gasteiger partial charge in [0.25, 0.3) is 5.69 Å². The average molecular weight is 440 g/mol. The molecule has 0 spiro atoms. The van der Waals surface area contributed by atoms with E-state index in [1.807, 2.05) is 0 Å².